The summed E-state index contributed by atoms with van der Waals surface area (Å²) in [5.41, 5.74) is 10.8. The predicted octanol–water partition coefficient (Wildman–Crippen LogP) is 4.49. The van der Waals surface area contributed by atoms with Gasteiger partial charge >= 0.3 is 6.03 Å². The van der Waals surface area contributed by atoms with Gasteiger partial charge in [0.15, 0.2) is 0 Å². The van der Waals surface area contributed by atoms with E-state index in [9.17, 15) is 14.4 Å². The first-order chi connectivity index (χ1) is 23.7. The first-order valence-corrected chi connectivity index (χ1v) is 18.8. The number of halogens is 1. The molecule has 10 nitrogen and oxygen atoms in total. The van der Waals surface area contributed by atoms with E-state index < -0.39 is 5.92 Å². The van der Waals surface area contributed by atoms with Crippen LogP contribution < -0.4 is 11.1 Å². The fourth-order valence-electron chi connectivity index (χ4n) is 9.20. The summed E-state index contributed by atoms with van der Waals surface area (Å²) in [6.45, 7) is 7.61. The molecule has 4 amide bonds. The second kappa shape index (κ2) is 14.5. The molecule has 4 fully saturated rings. The number of fused-ring (bicyclic) bond motifs is 3. The number of nitrogens with one attached hydrogen (secondary N) is 1. The average Bonchev–Trinajstić information content (AvgIpc) is 3.64. The predicted molar refractivity (Wildman–Crippen MR) is 194 cm³/mol. The van der Waals surface area contributed by atoms with Gasteiger partial charge in [0.05, 0.1) is 16.6 Å². The summed E-state index contributed by atoms with van der Waals surface area (Å²) >= 11 is 6.54. The third kappa shape index (κ3) is 7.14. The zero-order chi connectivity index (χ0) is 34.2. The van der Waals surface area contributed by atoms with Crippen molar-refractivity contribution in [1.29, 1.82) is 0 Å². The standard InChI is InChI=1S/C38H52ClN7O3/c1-3-26-18-25(20-33(39)36(26)40)19-28(37(48)44-15-11-30(12-16-44)46-24-31-22-32(46)23-42(31)2)21-35(47)43-13-9-29(10-14-43)45-17-8-27-6-4-5-7-34(27)41-38(45)49/h4-7,18,20,28-32H,3,8-17,19,21-24,40H2,1-2H3,(H,41,49)/t28-,31?,32?/m0/s1. The number of nitrogen functional groups attached to an aromatic ring is 1. The van der Waals surface area contributed by atoms with E-state index in [-0.39, 0.29) is 30.3 Å². The number of benzene rings is 2. The third-order valence-electron chi connectivity index (χ3n) is 12.1. The van der Waals surface area contributed by atoms with Crippen molar-refractivity contribution in [2.45, 2.75) is 88.9 Å². The number of likely N-dealkylation sites (N-methyl/N-ethyl adjacent to an activating group) is 1. The number of carbonyl (C=O) groups excluding carboxylic acids is 3. The number of likely N-dealkylation sites (tertiary alicyclic amines) is 4. The Balaban J connectivity index is 0.993. The molecule has 4 saturated heterocycles. The lowest BCUT2D eigenvalue weighted by molar-refractivity contribution is -0.143. The Morgan fingerprint density at radius 3 is 2.35 bits per heavy atom. The van der Waals surface area contributed by atoms with Crippen molar-refractivity contribution in [3.05, 3.63) is 58.1 Å². The molecule has 49 heavy (non-hydrogen) atoms. The van der Waals surface area contributed by atoms with E-state index >= 15 is 0 Å². The Hall–Kier alpha value is -3.34. The number of nitrogens with zero attached hydrogens (tertiary/aromatic N) is 5. The van der Waals surface area contributed by atoms with E-state index in [1.165, 1.54) is 6.42 Å². The summed E-state index contributed by atoms with van der Waals surface area (Å²) in [4.78, 5) is 52.4. The number of aryl methyl sites for hydroxylation is 1. The SMILES string of the molecule is CCc1cc(C[C@@H](CC(=O)N2CCC(N3CCc4ccccc4NC3=O)CC2)C(=O)N2CCC(N3CC4CC3CN4C)CC2)cc(Cl)c1N. The summed E-state index contributed by atoms with van der Waals surface area (Å²) in [5, 5.41) is 3.58. The molecule has 2 bridgehead atoms. The van der Waals surface area contributed by atoms with E-state index in [1.54, 1.807) is 0 Å². The number of piperidine rings is 2. The van der Waals surface area contributed by atoms with Crippen molar-refractivity contribution in [2.75, 3.05) is 63.9 Å². The van der Waals surface area contributed by atoms with Gasteiger partial charge in [-0.2, -0.15) is 0 Å². The van der Waals surface area contributed by atoms with Gasteiger partial charge in [-0.15, -0.1) is 0 Å². The Labute approximate surface area is 295 Å². The first kappa shape index (κ1) is 34.1. The topological polar surface area (TPSA) is 105 Å². The summed E-state index contributed by atoms with van der Waals surface area (Å²) in [5.74, 6) is -0.400. The number of rotatable bonds is 8. The molecule has 11 heteroatoms. The molecule has 0 aromatic heterocycles. The molecule has 264 valence electrons. The van der Waals surface area contributed by atoms with Crippen LogP contribution in [-0.4, -0.2) is 119 Å². The molecule has 5 aliphatic heterocycles. The lowest BCUT2D eigenvalue weighted by Gasteiger charge is -2.42. The highest BCUT2D eigenvalue weighted by molar-refractivity contribution is 6.33. The highest BCUT2D eigenvalue weighted by Crippen LogP contribution is 2.35. The molecule has 0 saturated carbocycles. The van der Waals surface area contributed by atoms with Crippen molar-refractivity contribution < 1.29 is 14.4 Å². The van der Waals surface area contributed by atoms with Crippen molar-refractivity contribution in [3.8, 4) is 0 Å². The number of urea groups is 1. The summed E-state index contributed by atoms with van der Waals surface area (Å²) in [6, 6.07) is 13.7. The minimum atomic E-state index is -0.475. The number of piperazine rings is 1. The van der Waals surface area contributed by atoms with Gasteiger partial charge in [-0.05, 0) is 87.2 Å². The van der Waals surface area contributed by atoms with Crippen LogP contribution in [0.25, 0.3) is 0 Å². The quantitative estimate of drug-likeness (QED) is 0.396. The highest BCUT2D eigenvalue weighted by Gasteiger charge is 2.45. The van der Waals surface area contributed by atoms with Crippen LogP contribution in [0.15, 0.2) is 36.4 Å². The molecule has 0 spiro atoms. The first-order valence-electron chi connectivity index (χ1n) is 18.4. The van der Waals surface area contributed by atoms with Crippen molar-refractivity contribution >= 4 is 40.8 Å². The normalized spacial score (nSPS) is 24.6. The van der Waals surface area contributed by atoms with Crippen LogP contribution >= 0.6 is 11.6 Å². The molecule has 2 unspecified atom stereocenters. The summed E-state index contributed by atoms with van der Waals surface area (Å²) in [7, 11) is 2.23. The van der Waals surface area contributed by atoms with Crippen molar-refractivity contribution in [1.82, 2.24) is 24.5 Å². The molecule has 0 radical (unpaired) electrons. The lowest BCUT2D eigenvalue weighted by Crippen LogP contribution is -2.54. The maximum absolute atomic E-state index is 14.3. The largest absolute Gasteiger partial charge is 0.397 e. The number of amides is 4. The average molecular weight is 690 g/mol. The van der Waals surface area contributed by atoms with E-state index in [2.05, 4.69) is 28.2 Å². The van der Waals surface area contributed by atoms with Crippen LogP contribution in [-0.2, 0) is 28.9 Å². The van der Waals surface area contributed by atoms with Gasteiger partial charge in [-0.25, -0.2) is 4.79 Å². The van der Waals surface area contributed by atoms with Gasteiger partial charge in [0.1, 0.15) is 0 Å². The van der Waals surface area contributed by atoms with Gasteiger partial charge in [0.2, 0.25) is 11.8 Å². The second-order valence-corrected chi connectivity index (χ2v) is 15.4. The van der Waals surface area contributed by atoms with Gasteiger partial charge < -0.3 is 30.7 Å². The highest BCUT2D eigenvalue weighted by atomic mass is 35.5. The van der Waals surface area contributed by atoms with Gasteiger partial charge in [0, 0.05) is 82.1 Å². The molecule has 5 aliphatic rings. The van der Waals surface area contributed by atoms with Crippen LogP contribution in [0.1, 0.15) is 62.1 Å². The van der Waals surface area contributed by atoms with Crippen LogP contribution in [0.4, 0.5) is 16.2 Å². The molecule has 5 heterocycles. The van der Waals surface area contributed by atoms with Crippen LogP contribution in [0.5, 0.6) is 0 Å². The van der Waals surface area contributed by atoms with Gasteiger partial charge in [0.25, 0.3) is 0 Å². The molecule has 2 aromatic rings. The number of hydrogen-bond acceptors (Lipinski definition) is 6. The van der Waals surface area contributed by atoms with Gasteiger partial charge in [-0.3, -0.25) is 14.5 Å². The smallest absolute Gasteiger partial charge is 0.322 e. The second-order valence-electron chi connectivity index (χ2n) is 15.0. The van der Waals surface area contributed by atoms with E-state index in [4.69, 9.17) is 17.3 Å². The molecule has 3 atom stereocenters. The number of nitrogens with two attached hydrogens (primary N) is 1. The Bertz CT molecular complexity index is 1550. The van der Waals surface area contributed by atoms with Crippen molar-refractivity contribution in [3.63, 3.8) is 0 Å². The van der Waals surface area contributed by atoms with Crippen LogP contribution in [0.2, 0.25) is 5.02 Å². The number of hydrogen-bond donors (Lipinski definition) is 2. The van der Waals surface area contributed by atoms with Crippen LogP contribution in [0, 0.1) is 5.92 Å². The summed E-state index contributed by atoms with van der Waals surface area (Å²) < 4.78 is 0. The number of carbonyl (C=O) groups is 3. The van der Waals surface area contributed by atoms with E-state index in [1.807, 2.05) is 52.0 Å². The molecule has 0 aliphatic carbocycles. The Morgan fingerprint density at radius 2 is 1.65 bits per heavy atom. The molecular formula is C38H52ClN7O3. The zero-order valence-electron chi connectivity index (χ0n) is 29.1. The Morgan fingerprint density at radius 1 is 0.939 bits per heavy atom. The Kier molecular flexibility index (Phi) is 10.1. The third-order valence-corrected chi connectivity index (χ3v) is 12.4. The van der Waals surface area contributed by atoms with Crippen LogP contribution in [0.3, 0.4) is 0 Å². The molecule has 3 N–H and O–H groups in total. The maximum atomic E-state index is 14.3. The lowest BCUT2D eigenvalue weighted by atomic mass is 9.91. The van der Waals surface area contributed by atoms with E-state index in [0.29, 0.717) is 54.9 Å². The van der Waals surface area contributed by atoms with Crippen molar-refractivity contribution in [2.24, 2.45) is 5.92 Å². The maximum Gasteiger partial charge on any atom is 0.322 e. The molecule has 2 aromatic carbocycles. The minimum absolute atomic E-state index is 0.00822. The monoisotopic (exact) mass is 689 g/mol. The zero-order valence-corrected chi connectivity index (χ0v) is 29.8. The fraction of sp³-hybridized carbons (Fsp3) is 0.605. The minimum Gasteiger partial charge on any atom is -0.397 e. The van der Waals surface area contributed by atoms with E-state index in [0.717, 1.165) is 87.1 Å². The molecular weight excluding hydrogens is 638 g/mol. The summed E-state index contributed by atoms with van der Waals surface area (Å²) in [6.07, 6.45) is 6.84. The van der Waals surface area contributed by atoms with Gasteiger partial charge in [-0.1, -0.05) is 42.8 Å². The number of anilines is 2. The fourth-order valence-corrected chi connectivity index (χ4v) is 9.47. The number of para-hydroxylation sites is 1. The molecule has 7 rings (SSSR count).